The summed E-state index contributed by atoms with van der Waals surface area (Å²) in [7, 11) is 0. The first kappa shape index (κ1) is 15.3. The van der Waals surface area contributed by atoms with Crippen LogP contribution in [-0.2, 0) is 0 Å². The average Bonchev–Trinajstić information content (AvgIpc) is 2.35. The number of terminal acetylenes is 1. The minimum atomic E-state index is 0.367. The van der Waals surface area contributed by atoms with Gasteiger partial charge >= 0.3 is 0 Å². The van der Waals surface area contributed by atoms with Crippen molar-refractivity contribution in [2.75, 3.05) is 6.54 Å². The number of nitrogens with one attached hydrogen (secondary N) is 1. The van der Waals surface area contributed by atoms with E-state index in [1.807, 2.05) is 0 Å². The Bertz CT molecular complexity index is 408. The van der Waals surface area contributed by atoms with Crippen LogP contribution in [0.2, 0.25) is 0 Å². The molecule has 0 saturated carbocycles. The first-order chi connectivity index (χ1) is 8.60. The summed E-state index contributed by atoms with van der Waals surface area (Å²) in [6, 6.07) is 4.87. The largest absolute Gasteiger partial charge is 0.310 e. The lowest BCUT2D eigenvalue weighted by Crippen LogP contribution is -2.22. The predicted molar refractivity (Wildman–Crippen MR) is 82.7 cm³/mol. The molecular weight excluding hydrogens is 286 g/mol. The van der Waals surface area contributed by atoms with Crippen LogP contribution in [0.15, 0.2) is 16.6 Å². The van der Waals surface area contributed by atoms with Gasteiger partial charge in [0.15, 0.2) is 0 Å². The molecule has 0 heterocycles. The van der Waals surface area contributed by atoms with Crippen molar-refractivity contribution in [3.63, 3.8) is 0 Å². The molecule has 1 nitrogen and oxygen atoms in total. The molecule has 0 radical (unpaired) electrons. The molecule has 0 aliphatic rings. The van der Waals surface area contributed by atoms with Crippen LogP contribution in [0, 0.1) is 26.2 Å². The molecule has 98 valence electrons. The molecule has 0 saturated heterocycles. The van der Waals surface area contributed by atoms with E-state index in [1.165, 1.54) is 21.2 Å². The van der Waals surface area contributed by atoms with E-state index in [9.17, 15) is 0 Å². The van der Waals surface area contributed by atoms with Gasteiger partial charge in [-0.1, -0.05) is 35.0 Å². The van der Waals surface area contributed by atoms with Gasteiger partial charge in [-0.2, -0.15) is 0 Å². The zero-order chi connectivity index (χ0) is 13.5. The van der Waals surface area contributed by atoms with Gasteiger partial charge in [-0.25, -0.2) is 0 Å². The summed E-state index contributed by atoms with van der Waals surface area (Å²) in [5.74, 6) is 2.74. The van der Waals surface area contributed by atoms with Gasteiger partial charge in [0.05, 0.1) is 0 Å². The molecule has 0 fully saturated rings. The van der Waals surface area contributed by atoms with E-state index in [2.05, 4.69) is 60.1 Å². The zero-order valence-corrected chi connectivity index (χ0v) is 13.1. The molecule has 1 N–H and O–H groups in total. The number of hydrogen-bond donors (Lipinski definition) is 1. The van der Waals surface area contributed by atoms with Crippen LogP contribution in [0.4, 0.5) is 0 Å². The van der Waals surface area contributed by atoms with E-state index in [0.717, 1.165) is 25.8 Å². The van der Waals surface area contributed by atoms with E-state index >= 15 is 0 Å². The smallest absolute Gasteiger partial charge is 0.0329 e. The lowest BCUT2D eigenvalue weighted by molar-refractivity contribution is 0.505. The third kappa shape index (κ3) is 4.15. The summed E-state index contributed by atoms with van der Waals surface area (Å²) in [5.41, 5.74) is 3.92. The quantitative estimate of drug-likeness (QED) is 0.762. The summed E-state index contributed by atoms with van der Waals surface area (Å²) in [6.45, 7) is 7.49. The summed E-state index contributed by atoms with van der Waals surface area (Å²) in [6.07, 6.45) is 8.33. The number of halogens is 1. The number of hydrogen-bond acceptors (Lipinski definition) is 1. The third-order valence-corrected chi connectivity index (χ3v) is 4.33. The van der Waals surface area contributed by atoms with Crippen molar-refractivity contribution >= 4 is 15.9 Å². The Labute approximate surface area is 119 Å². The molecule has 0 spiro atoms. The van der Waals surface area contributed by atoms with Crippen molar-refractivity contribution in [2.45, 2.75) is 46.1 Å². The zero-order valence-electron chi connectivity index (χ0n) is 11.5. The number of aryl methyl sites for hydroxylation is 2. The first-order valence-electron chi connectivity index (χ1n) is 6.53. The Morgan fingerprint density at radius 1 is 1.33 bits per heavy atom. The Morgan fingerprint density at radius 2 is 1.94 bits per heavy atom. The van der Waals surface area contributed by atoms with Crippen LogP contribution < -0.4 is 5.32 Å². The van der Waals surface area contributed by atoms with Gasteiger partial charge in [-0.05, 0) is 49.9 Å². The molecule has 1 rings (SSSR count). The van der Waals surface area contributed by atoms with E-state index in [4.69, 9.17) is 6.42 Å². The lowest BCUT2D eigenvalue weighted by Gasteiger charge is -2.20. The fourth-order valence-corrected chi connectivity index (χ4v) is 2.34. The topological polar surface area (TPSA) is 12.0 Å². The molecule has 1 unspecified atom stereocenters. The van der Waals surface area contributed by atoms with Crippen LogP contribution in [0.5, 0.6) is 0 Å². The standard InChI is InChI=1S/C16H22BrN/c1-5-7-8-15(18-9-6-2)14-10-12(3)16(17)13(4)11-14/h1,10-11,15,18H,6-9H2,2-4H3. The SMILES string of the molecule is C#CCCC(NCCC)c1cc(C)c(Br)c(C)c1. The second kappa shape index (κ2) is 7.61. The monoisotopic (exact) mass is 307 g/mol. The lowest BCUT2D eigenvalue weighted by atomic mass is 9.98. The molecule has 1 atom stereocenters. The summed E-state index contributed by atoms with van der Waals surface area (Å²) >= 11 is 3.61. The van der Waals surface area contributed by atoms with Gasteiger partial charge in [-0.15, -0.1) is 12.3 Å². The number of rotatable bonds is 6. The highest BCUT2D eigenvalue weighted by molar-refractivity contribution is 9.10. The predicted octanol–water partition coefficient (Wildman–Crippen LogP) is 4.52. The van der Waals surface area contributed by atoms with Crippen LogP contribution in [0.25, 0.3) is 0 Å². The van der Waals surface area contributed by atoms with Crippen molar-refractivity contribution in [3.8, 4) is 12.3 Å². The molecule has 0 aliphatic carbocycles. The molecule has 0 aliphatic heterocycles. The van der Waals surface area contributed by atoms with Crippen LogP contribution in [0.1, 0.15) is 48.9 Å². The molecule has 0 amide bonds. The Balaban J connectivity index is 2.93. The second-order valence-corrected chi connectivity index (χ2v) is 5.51. The number of benzene rings is 1. The van der Waals surface area contributed by atoms with Crippen molar-refractivity contribution in [2.24, 2.45) is 0 Å². The van der Waals surface area contributed by atoms with E-state index in [0.29, 0.717) is 6.04 Å². The molecule has 0 bridgehead atoms. The summed E-state index contributed by atoms with van der Waals surface area (Å²) in [5, 5.41) is 3.58. The van der Waals surface area contributed by atoms with E-state index in [-0.39, 0.29) is 0 Å². The van der Waals surface area contributed by atoms with Gasteiger partial charge in [0, 0.05) is 16.9 Å². The second-order valence-electron chi connectivity index (χ2n) is 4.72. The molecule has 0 aromatic heterocycles. The summed E-state index contributed by atoms with van der Waals surface area (Å²) < 4.78 is 1.21. The van der Waals surface area contributed by atoms with Crippen LogP contribution in [-0.4, -0.2) is 6.54 Å². The van der Waals surface area contributed by atoms with Gasteiger partial charge < -0.3 is 5.32 Å². The highest BCUT2D eigenvalue weighted by atomic mass is 79.9. The highest BCUT2D eigenvalue weighted by Gasteiger charge is 2.12. The minimum absolute atomic E-state index is 0.367. The normalized spacial score (nSPS) is 12.2. The third-order valence-electron chi connectivity index (χ3n) is 3.08. The van der Waals surface area contributed by atoms with Crippen LogP contribution >= 0.6 is 15.9 Å². The van der Waals surface area contributed by atoms with Gasteiger partial charge in [-0.3, -0.25) is 0 Å². The summed E-state index contributed by atoms with van der Waals surface area (Å²) in [4.78, 5) is 0. The van der Waals surface area contributed by atoms with Gasteiger partial charge in [0.25, 0.3) is 0 Å². The first-order valence-corrected chi connectivity index (χ1v) is 7.33. The maximum absolute atomic E-state index is 5.38. The maximum Gasteiger partial charge on any atom is 0.0329 e. The van der Waals surface area contributed by atoms with Crippen molar-refractivity contribution in [1.29, 1.82) is 0 Å². The van der Waals surface area contributed by atoms with Crippen molar-refractivity contribution in [3.05, 3.63) is 33.3 Å². The van der Waals surface area contributed by atoms with Crippen molar-refractivity contribution < 1.29 is 0 Å². The van der Waals surface area contributed by atoms with Crippen molar-refractivity contribution in [1.82, 2.24) is 5.32 Å². The average molecular weight is 308 g/mol. The highest BCUT2D eigenvalue weighted by Crippen LogP contribution is 2.27. The molecule has 18 heavy (non-hydrogen) atoms. The maximum atomic E-state index is 5.38. The van der Waals surface area contributed by atoms with Crippen LogP contribution in [0.3, 0.4) is 0 Å². The minimum Gasteiger partial charge on any atom is -0.310 e. The fourth-order valence-electron chi connectivity index (χ4n) is 2.11. The van der Waals surface area contributed by atoms with Gasteiger partial charge in [0.1, 0.15) is 0 Å². The Kier molecular flexibility index (Phi) is 6.46. The fraction of sp³-hybridized carbons (Fsp3) is 0.500. The molecular formula is C16H22BrN. The molecule has 2 heteroatoms. The van der Waals surface area contributed by atoms with E-state index < -0.39 is 0 Å². The Morgan fingerprint density at radius 3 is 2.44 bits per heavy atom. The molecule has 1 aromatic rings. The van der Waals surface area contributed by atoms with Gasteiger partial charge in [0.2, 0.25) is 0 Å². The molecule has 1 aromatic carbocycles. The Hall–Kier alpha value is -0.780. The van der Waals surface area contributed by atoms with E-state index in [1.54, 1.807) is 0 Å².